The Morgan fingerprint density at radius 3 is 2.89 bits per heavy atom. The number of aryl methyl sites for hydroxylation is 1. The first-order valence-corrected chi connectivity index (χ1v) is 3.44. The van der Waals surface area contributed by atoms with E-state index < -0.39 is 12.7 Å². The molecule has 1 aromatic rings. The van der Waals surface area contributed by atoms with E-state index in [1.165, 1.54) is 12.1 Å². The molecular formula is C7H6FI. The van der Waals surface area contributed by atoms with Crippen LogP contribution in [0.2, 0.25) is 0 Å². The van der Waals surface area contributed by atoms with Gasteiger partial charge in [-0.1, -0.05) is 0 Å². The van der Waals surface area contributed by atoms with Crippen LogP contribution in [0, 0.1) is 16.2 Å². The minimum atomic E-state index is -2.22. The van der Waals surface area contributed by atoms with Gasteiger partial charge in [-0.25, -0.2) is 4.39 Å². The Morgan fingerprint density at radius 1 is 1.56 bits per heavy atom. The van der Waals surface area contributed by atoms with Crippen molar-refractivity contribution < 1.29 is 8.50 Å². The molecule has 0 spiro atoms. The highest BCUT2D eigenvalue weighted by atomic mass is 127. The van der Waals surface area contributed by atoms with Gasteiger partial charge >= 0.3 is 0 Å². The summed E-state index contributed by atoms with van der Waals surface area (Å²) >= 11 is 1.88. The van der Waals surface area contributed by atoms with E-state index in [1.54, 1.807) is 0 Å². The molecule has 0 atom stereocenters. The minimum absolute atomic E-state index is 0.0481. The number of rotatable bonds is 0. The Morgan fingerprint density at radius 2 is 2.33 bits per heavy atom. The van der Waals surface area contributed by atoms with Gasteiger partial charge in [0.25, 0.3) is 0 Å². The highest BCUT2D eigenvalue weighted by Crippen LogP contribution is 2.09. The zero-order valence-electron chi connectivity index (χ0n) is 7.49. The van der Waals surface area contributed by atoms with E-state index in [1.807, 2.05) is 22.6 Å². The number of benzene rings is 1. The number of halogens is 2. The molecule has 2 heteroatoms. The third kappa shape index (κ3) is 1.93. The summed E-state index contributed by atoms with van der Waals surface area (Å²) in [6.45, 7) is -2.22. The third-order valence-electron chi connectivity index (χ3n) is 0.863. The fourth-order valence-corrected chi connectivity index (χ4v) is 1.19. The second-order valence-corrected chi connectivity index (χ2v) is 2.90. The zero-order valence-corrected chi connectivity index (χ0v) is 6.65. The maximum Gasteiger partial charge on any atom is 0.124 e. The van der Waals surface area contributed by atoms with E-state index in [-0.39, 0.29) is 5.56 Å². The maximum absolute atomic E-state index is 12.7. The number of hydrogen-bond acceptors (Lipinski definition) is 0. The molecule has 48 valence electrons. The van der Waals surface area contributed by atoms with Crippen LogP contribution in [-0.2, 0) is 0 Å². The molecule has 9 heavy (non-hydrogen) atoms. The summed E-state index contributed by atoms with van der Waals surface area (Å²) in [4.78, 5) is 0. The molecule has 1 aromatic carbocycles. The van der Waals surface area contributed by atoms with E-state index in [2.05, 4.69) is 0 Å². The first-order valence-electron chi connectivity index (χ1n) is 3.86. The lowest BCUT2D eigenvalue weighted by Crippen LogP contribution is -1.78. The van der Waals surface area contributed by atoms with Crippen LogP contribution in [0.15, 0.2) is 18.2 Å². The van der Waals surface area contributed by atoms with Crippen LogP contribution in [0.5, 0.6) is 0 Å². The van der Waals surface area contributed by atoms with Crippen molar-refractivity contribution in [3.63, 3.8) is 0 Å². The van der Waals surface area contributed by atoms with Crippen LogP contribution in [0.4, 0.5) is 4.39 Å². The summed E-state index contributed by atoms with van der Waals surface area (Å²) in [6, 6.07) is 3.78. The summed E-state index contributed by atoms with van der Waals surface area (Å²) in [6.07, 6.45) is 0. The first-order chi connectivity index (χ1) is 5.39. The highest BCUT2D eigenvalue weighted by molar-refractivity contribution is 14.1. The molecule has 0 unspecified atom stereocenters. The lowest BCUT2D eigenvalue weighted by molar-refractivity contribution is 0.625. The molecule has 1 rings (SSSR count). The highest BCUT2D eigenvalue weighted by Gasteiger charge is 1.92. The van der Waals surface area contributed by atoms with Gasteiger partial charge in [0.05, 0.1) is 0 Å². The van der Waals surface area contributed by atoms with Crippen molar-refractivity contribution in [3.05, 3.63) is 33.1 Å². The Labute approximate surface area is 71.4 Å². The lowest BCUT2D eigenvalue weighted by atomic mass is 10.2. The second-order valence-electron chi connectivity index (χ2n) is 1.66. The van der Waals surface area contributed by atoms with Crippen LogP contribution in [0.1, 0.15) is 9.68 Å². The summed E-state index contributed by atoms with van der Waals surface area (Å²) in [5.41, 5.74) is 0.0481. The van der Waals surface area contributed by atoms with Gasteiger partial charge in [0.1, 0.15) is 5.82 Å². The van der Waals surface area contributed by atoms with Crippen molar-refractivity contribution in [1.29, 1.82) is 0 Å². The topological polar surface area (TPSA) is 0 Å². The van der Waals surface area contributed by atoms with Gasteiger partial charge < -0.3 is 0 Å². The van der Waals surface area contributed by atoms with Gasteiger partial charge in [0.2, 0.25) is 0 Å². The van der Waals surface area contributed by atoms with Crippen LogP contribution >= 0.6 is 22.6 Å². The normalized spacial score (nSPS) is 16.0. The monoisotopic (exact) mass is 239 g/mol. The molecule has 0 aromatic heterocycles. The fourth-order valence-electron chi connectivity index (χ4n) is 0.554. The molecule has 0 saturated heterocycles. The van der Waals surface area contributed by atoms with Crippen molar-refractivity contribution in [1.82, 2.24) is 0 Å². The molecule has 0 bridgehead atoms. The Balaban J connectivity index is 3.18. The van der Waals surface area contributed by atoms with Crippen molar-refractivity contribution >= 4 is 22.6 Å². The van der Waals surface area contributed by atoms with E-state index in [4.69, 9.17) is 4.11 Å². The molecule has 0 aliphatic rings. The largest absolute Gasteiger partial charge is 0.207 e. The summed E-state index contributed by atoms with van der Waals surface area (Å²) in [5, 5.41) is 0. The first kappa shape index (κ1) is 3.91. The SMILES string of the molecule is [2H]C([2H])([2H])c1cc(F)cc(I)c1. The Hall–Kier alpha value is -0.120. The predicted molar refractivity (Wildman–Crippen MR) is 43.9 cm³/mol. The molecule has 0 fully saturated rings. The third-order valence-corrected chi connectivity index (χ3v) is 1.49. The summed E-state index contributed by atoms with van der Waals surface area (Å²) in [7, 11) is 0. The quantitative estimate of drug-likeness (QED) is 0.610. The van der Waals surface area contributed by atoms with Crippen LogP contribution < -0.4 is 0 Å². The zero-order chi connectivity index (χ0) is 9.35. The summed E-state index contributed by atoms with van der Waals surface area (Å²) < 4.78 is 34.4. The van der Waals surface area contributed by atoms with Crippen LogP contribution in [0.3, 0.4) is 0 Å². The van der Waals surface area contributed by atoms with Gasteiger partial charge in [-0.15, -0.1) is 0 Å². The molecule has 0 saturated carbocycles. The minimum Gasteiger partial charge on any atom is -0.207 e. The lowest BCUT2D eigenvalue weighted by Gasteiger charge is -1.92. The average Bonchev–Trinajstić information content (AvgIpc) is 1.82. The van der Waals surface area contributed by atoms with Gasteiger partial charge in [-0.3, -0.25) is 0 Å². The predicted octanol–water partition coefficient (Wildman–Crippen LogP) is 2.74. The molecule has 0 amide bonds. The Kier molecular flexibility index (Phi) is 1.15. The van der Waals surface area contributed by atoms with E-state index >= 15 is 0 Å². The summed E-state index contributed by atoms with van der Waals surface area (Å²) in [5.74, 6) is -0.506. The van der Waals surface area contributed by atoms with Gasteiger partial charge in [0.15, 0.2) is 0 Å². The van der Waals surface area contributed by atoms with Crippen molar-refractivity contribution in [3.8, 4) is 0 Å². The second kappa shape index (κ2) is 2.64. The molecule has 0 N–H and O–H groups in total. The molecular weight excluding hydrogens is 230 g/mol. The van der Waals surface area contributed by atoms with Crippen molar-refractivity contribution in [2.24, 2.45) is 0 Å². The van der Waals surface area contributed by atoms with Crippen molar-refractivity contribution in [2.75, 3.05) is 0 Å². The van der Waals surface area contributed by atoms with Crippen LogP contribution in [-0.4, -0.2) is 0 Å². The van der Waals surface area contributed by atoms with Gasteiger partial charge in [-0.05, 0) is 53.2 Å². The average molecular weight is 239 g/mol. The van der Waals surface area contributed by atoms with Crippen LogP contribution in [0.25, 0.3) is 0 Å². The molecule has 0 aliphatic heterocycles. The molecule has 0 nitrogen and oxygen atoms in total. The Bertz CT molecular complexity index is 275. The smallest absolute Gasteiger partial charge is 0.124 e. The maximum atomic E-state index is 12.7. The van der Waals surface area contributed by atoms with Crippen molar-refractivity contribution in [2.45, 2.75) is 6.85 Å². The molecule has 0 radical (unpaired) electrons. The van der Waals surface area contributed by atoms with Gasteiger partial charge in [-0.2, -0.15) is 0 Å². The standard InChI is InChI=1S/C7H6FI/c1-5-2-6(8)4-7(9)3-5/h2-4H,1H3/i1D3. The molecule has 0 heterocycles. The molecule has 0 aliphatic carbocycles. The van der Waals surface area contributed by atoms with E-state index in [0.717, 1.165) is 6.07 Å². The van der Waals surface area contributed by atoms with E-state index in [9.17, 15) is 4.39 Å². The fraction of sp³-hybridized carbons (Fsp3) is 0.143. The number of hydrogen-bond donors (Lipinski definition) is 0. The van der Waals surface area contributed by atoms with E-state index in [0.29, 0.717) is 3.57 Å². The van der Waals surface area contributed by atoms with Gasteiger partial charge in [0, 0.05) is 7.68 Å².